The van der Waals surface area contributed by atoms with Crippen molar-refractivity contribution in [3.63, 3.8) is 0 Å². The first-order valence-corrected chi connectivity index (χ1v) is 7.23. The highest BCUT2D eigenvalue weighted by Crippen LogP contribution is 2.23. The van der Waals surface area contributed by atoms with Crippen LogP contribution in [-0.4, -0.2) is 12.5 Å². The van der Waals surface area contributed by atoms with Crippen LogP contribution >= 0.6 is 0 Å². The van der Waals surface area contributed by atoms with Crippen LogP contribution in [0.1, 0.15) is 52.1 Å². The highest BCUT2D eigenvalue weighted by molar-refractivity contribution is 5.93. The Hall–Kier alpha value is -1.35. The Morgan fingerprint density at radius 2 is 1.89 bits per heavy atom. The monoisotopic (exact) mass is 262 g/mol. The maximum atomic E-state index is 12.1. The van der Waals surface area contributed by atoms with Gasteiger partial charge in [-0.25, -0.2) is 0 Å². The minimum atomic E-state index is 0.0625. The number of hydrogen-bond acceptors (Lipinski definition) is 2. The van der Waals surface area contributed by atoms with Crippen molar-refractivity contribution in [3.8, 4) is 0 Å². The Bertz CT molecular complexity index is 403. The third kappa shape index (κ3) is 4.67. The molecule has 2 atom stereocenters. The molecule has 0 saturated carbocycles. The predicted octanol–water partition coefficient (Wildman–Crippen LogP) is 3.73. The lowest BCUT2D eigenvalue weighted by Crippen LogP contribution is -2.23. The van der Waals surface area contributed by atoms with Gasteiger partial charge in [0.25, 0.3) is 0 Å². The molecule has 1 rings (SSSR count). The summed E-state index contributed by atoms with van der Waals surface area (Å²) in [7, 11) is 0. The molecule has 0 saturated heterocycles. The van der Waals surface area contributed by atoms with Crippen molar-refractivity contribution in [2.45, 2.75) is 46.6 Å². The molecule has 1 aromatic rings. The van der Waals surface area contributed by atoms with Gasteiger partial charge in [-0.3, -0.25) is 4.79 Å². The van der Waals surface area contributed by atoms with Crippen molar-refractivity contribution in [3.05, 3.63) is 29.8 Å². The summed E-state index contributed by atoms with van der Waals surface area (Å²) >= 11 is 0. The number of anilines is 1. The first-order chi connectivity index (χ1) is 9.10. The van der Waals surface area contributed by atoms with Gasteiger partial charge in [0.05, 0.1) is 0 Å². The van der Waals surface area contributed by atoms with Crippen LogP contribution in [0, 0.1) is 5.92 Å². The lowest BCUT2D eigenvalue weighted by atomic mass is 10.0. The third-order valence-electron chi connectivity index (χ3n) is 3.36. The summed E-state index contributed by atoms with van der Waals surface area (Å²) in [5.74, 6) is 0.172. The van der Waals surface area contributed by atoms with Crippen LogP contribution in [0.25, 0.3) is 0 Å². The Balaban J connectivity index is 2.80. The Morgan fingerprint density at radius 1 is 1.21 bits per heavy atom. The average molecular weight is 262 g/mol. The normalized spacial score (nSPS) is 13.9. The van der Waals surface area contributed by atoms with E-state index >= 15 is 0 Å². The summed E-state index contributed by atoms with van der Waals surface area (Å²) in [5, 5.41) is 6.43. The van der Waals surface area contributed by atoms with Crippen LogP contribution in [0.3, 0.4) is 0 Å². The first kappa shape index (κ1) is 15.7. The maximum Gasteiger partial charge on any atom is 0.227 e. The third-order valence-corrected chi connectivity index (χ3v) is 3.36. The lowest BCUT2D eigenvalue weighted by molar-refractivity contribution is -0.119. The van der Waals surface area contributed by atoms with E-state index in [2.05, 4.69) is 37.5 Å². The van der Waals surface area contributed by atoms with E-state index in [0.717, 1.165) is 30.6 Å². The lowest BCUT2D eigenvalue weighted by Gasteiger charge is -2.19. The number of amides is 1. The molecule has 0 aliphatic heterocycles. The molecule has 0 radical (unpaired) electrons. The van der Waals surface area contributed by atoms with Crippen molar-refractivity contribution < 1.29 is 4.79 Å². The van der Waals surface area contributed by atoms with E-state index in [1.54, 1.807) is 0 Å². The van der Waals surface area contributed by atoms with E-state index in [9.17, 15) is 4.79 Å². The molecule has 0 bridgehead atoms. The van der Waals surface area contributed by atoms with Crippen molar-refractivity contribution in [1.82, 2.24) is 5.32 Å². The van der Waals surface area contributed by atoms with E-state index in [1.807, 2.05) is 25.1 Å². The van der Waals surface area contributed by atoms with E-state index in [0.29, 0.717) is 0 Å². The summed E-state index contributed by atoms with van der Waals surface area (Å²) < 4.78 is 0. The van der Waals surface area contributed by atoms with Gasteiger partial charge >= 0.3 is 0 Å². The van der Waals surface area contributed by atoms with Crippen molar-refractivity contribution >= 4 is 11.6 Å². The zero-order chi connectivity index (χ0) is 14.3. The standard InChI is InChI=1S/C16H26N2O/c1-5-9-12(3)16(19)18-15-11-8-7-10-14(15)13(4)17-6-2/h7-8,10-13,17H,5-6,9H2,1-4H3,(H,18,19). The zero-order valence-electron chi connectivity index (χ0n) is 12.5. The van der Waals surface area contributed by atoms with E-state index in [-0.39, 0.29) is 17.9 Å². The fourth-order valence-corrected chi connectivity index (χ4v) is 2.22. The molecule has 19 heavy (non-hydrogen) atoms. The van der Waals surface area contributed by atoms with E-state index < -0.39 is 0 Å². The van der Waals surface area contributed by atoms with Crippen LogP contribution in [-0.2, 0) is 4.79 Å². The number of hydrogen-bond donors (Lipinski definition) is 2. The maximum absolute atomic E-state index is 12.1. The number of carbonyl (C=O) groups excluding carboxylic acids is 1. The SMILES string of the molecule is CCCC(C)C(=O)Nc1ccccc1C(C)NCC. The van der Waals surface area contributed by atoms with Crippen LogP contribution in [0.5, 0.6) is 0 Å². The molecule has 0 heterocycles. The van der Waals surface area contributed by atoms with Crippen LogP contribution in [0.15, 0.2) is 24.3 Å². The average Bonchev–Trinajstić information content (AvgIpc) is 2.39. The first-order valence-electron chi connectivity index (χ1n) is 7.23. The van der Waals surface area contributed by atoms with Crippen LogP contribution in [0.2, 0.25) is 0 Å². The van der Waals surface area contributed by atoms with Gasteiger partial charge < -0.3 is 10.6 Å². The molecule has 0 spiro atoms. The number of benzene rings is 1. The number of rotatable bonds is 7. The molecule has 2 unspecified atom stereocenters. The van der Waals surface area contributed by atoms with E-state index in [1.165, 1.54) is 0 Å². The summed E-state index contributed by atoms with van der Waals surface area (Å²) in [6.45, 7) is 9.20. The minimum Gasteiger partial charge on any atom is -0.326 e. The number of carbonyl (C=O) groups is 1. The number of nitrogens with one attached hydrogen (secondary N) is 2. The molecule has 3 heteroatoms. The van der Waals surface area contributed by atoms with Gasteiger partial charge in [-0.15, -0.1) is 0 Å². The molecule has 1 aromatic carbocycles. The zero-order valence-corrected chi connectivity index (χ0v) is 12.5. The second kappa shape index (κ2) is 7.95. The molecule has 0 aliphatic rings. The predicted molar refractivity (Wildman–Crippen MR) is 81.2 cm³/mol. The smallest absolute Gasteiger partial charge is 0.227 e. The second-order valence-electron chi connectivity index (χ2n) is 5.05. The molecular weight excluding hydrogens is 236 g/mol. The van der Waals surface area contributed by atoms with E-state index in [4.69, 9.17) is 0 Å². The molecule has 106 valence electrons. The summed E-state index contributed by atoms with van der Waals surface area (Å²) in [6, 6.07) is 8.24. The quantitative estimate of drug-likeness (QED) is 0.786. The fourth-order valence-electron chi connectivity index (χ4n) is 2.22. The Labute approximate surface area is 116 Å². The van der Waals surface area contributed by atoms with Gasteiger partial charge in [0.15, 0.2) is 0 Å². The van der Waals surface area contributed by atoms with Crippen molar-refractivity contribution in [1.29, 1.82) is 0 Å². The molecular formula is C16H26N2O. The van der Waals surface area contributed by atoms with Crippen molar-refractivity contribution in [2.75, 3.05) is 11.9 Å². The van der Waals surface area contributed by atoms with Gasteiger partial charge in [0, 0.05) is 17.6 Å². The van der Waals surface area contributed by atoms with Crippen LogP contribution < -0.4 is 10.6 Å². The Kier molecular flexibility index (Phi) is 6.57. The van der Waals surface area contributed by atoms with Crippen molar-refractivity contribution in [2.24, 2.45) is 5.92 Å². The van der Waals surface area contributed by atoms with Gasteiger partial charge in [0.2, 0.25) is 5.91 Å². The fraction of sp³-hybridized carbons (Fsp3) is 0.562. The molecule has 0 aliphatic carbocycles. The molecule has 0 aromatic heterocycles. The van der Waals surface area contributed by atoms with Gasteiger partial charge in [0.1, 0.15) is 0 Å². The van der Waals surface area contributed by atoms with Gasteiger partial charge in [-0.2, -0.15) is 0 Å². The van der Waals surface area contributed by atoms with Gasteiger partial charge in [-0.1, -0.05) is 45.4 Å². The minimum absolute atomic E-state index is 0.0625. The molecule has 3 nitrogen and oxygen atoms in total. The molecule has 2 N–H and O–H groups in total. The number of para-hydroxylation sites is 1. The molecule has 1 amide bonds. The largest absolute Gasteiger partial charge is 0.326 e. The highest BCUT2D eigenvalue weighted by atomic mass is 16.1. The molecule has 0 fully saturated rings. The Morgan fingerprint density at radius 3 is 2.53 bits per heavy atom. The summed E-state index contributed by atoms with van der Waals surface area (Å²) in [4.78, 5) is 12.1. The summed E-state index contributed by atoms with van der Waals surface area (Å²) in [5.41, 5.74) is 2.06. The second-order valence-corrected chi connectivity index (χ2v) is 5.05. The summed E-state index contributed by atoms with van der Waals surface area (Å²) in [6.07, 6.45) is 1.96. The van der Waals surface area contributed by atoms with Crippen LogP contribution in [0.4, 0.5) is 5.69 Å². The van der Waals surface area contributed by atoms with Gasteiger partial charge in [-0.05, 0) is 31.5 Å². The topological polar surface area (TPSA) is 41.1 Å². The highest BCUT2D eigenvalue weighted by Gasteiger charge is 2.15.